The van der Waals surface area contributed by atoms with E-state index in [0.717, 1.165) is 24.4 Å². The highest BCUT2D eigenvalue weighted by Gasteiger charge is 2.24. The van der Waals surface area contributed by atoms with Crippen LogP contribution in [0.3, 0.4) is 0 Å². The van der Waals surface area contributed by atoms with Gasteiger partial charge in [-0.05, 0) is 69.0 Å². The number of rotatable bonds is 7. The van der Waals surface area contributed by atoms with Crippen molar-refractivity contribution in [3.05, 3.63) is 18.0 Å². The fraction of sp³-hybridized carbons (Fsp3) is 0.842. The molecule has 0 N–H and O–H groups in total. The lowest BCUT2D eigenvalue weighted by Crippen LogP contribution is -2.36. The van der Waals surface area contributed by atoms with Crippen LogP contribution in [0.2, 0.25) is 0 Å². The van der Waals surface area contributed by atoms with Crippen LogP contribution < -0.4 is 0 Å². The second-order valence-electron chi connectivity index (χ2n) is 7.99. The fourth-order valence-electron chi connectivity index (χ4n) is 3.45. The van der Waals surface area contributed by atoms with Gasteiger partial charge in [-0.3, -0.25) is 4.68 Å². The molecule has 0 aliphatic heterocycles. The highest BCUT2D eigenvalue weighted by atomic mass is 15.3. The van der Waals surface area contributed by atoms with Gasteiger partial charge < -0.3 is 4.90 Å². The summed E-state index contributed by atoms with van der Waals surface area (Å²) in [5, 5.41) is 4.54. The summed E-state index contributed by atoms with van der Waals surface area (Å²) in [6, 6.07) is 0.804. The molecular weight excluding hydrogens is 270 g/mol. The molecule has 2 rings (SSSR count). The molecule has 0 spiro atoms. The molecule has 0 bridgehead atoms. The van der Waals surface area contributed by atoms with E-state index in [9.17, 15) is 0 Å². The minimum Gasteiger partial charge on any atom is -0.303 e. The minimum absolute atomic E-state index is 0.582. The van der Waals surface area contributed by atoms with Crippen molar-refractivity contribution in [2.24, 2.45) is 11.8 Å². The minimum atomic E-state index is 0.582. The van der Waals surface area contributed by atoms with Crippen LogP contribution in [0, 0.1) is 11.8 Å². The molecule has 0 amide bonds. The Morgan fingerprint density at radius 3 is 2.41 bits per heavy atom. The molecule has 22 heavy (non-hydrogen) atoms. The normalized spacial score (nSPS) is 22.9. The van der Waals surface area contributed by atoms with Gasteiger partial charge in [-0.2, -0.15) is 5.10 Å². The first-order valence-corrected chi connectivity index (χ1v) is 9.18. The van der Waals surface area contributed by atoms with Crippen LogP contribution in [0.4, 0.5) is 0 Å². The number of hydrogen-bond acceptors (Lipinski definition) is 2. The Labute approximate surface area is 137 Å². The van der Waals surface area contributed by atoms with E-state index in [0.29, 0.717) is 5.92 Å². The standard InChI is InChI=1S/C19H35N3/c1-15(2)10-11-21(5)19-8-6-17(7-9-19)13-22-14-18(12-20-22)16(3)4/h12,14-17,19H,6-11,13H2,1-5H3. The third-order valence-corrected chi connectivity index (χ3v) is 5.26. The smallest absolute Gasteiger partial charge is 0.0524 e. The van der Waals surface area contributed by atoms with Crippen LogP contribution in [0.15, 0.2) is 12.4 Å². The van der Waals surface area contributed by atoms with Gasteiger partial charge in [0.2, 0.25) is 0 Å². The average Bonchev–Trinajstić information content (AvgIpc) is 2.94. The maximum atomic E-state index is 4.54. The molecular formula is C19H35N3. The summed E-state index contributed by atoms with van der Waals surface area (Å²) in [7, 11) is 2.32. The summed E-state index contributed by atoms with van der Waals surface area (Å²) >= 11 is 0. The van der Waals surface area contributed by atoms with Gasteiger partial charge in [-0.25, -0.2) is 0 Å². The maximum absolute atomic E-state index is 4.54. The SMILES string of the molecule is CC(C)CCN(C)C1CCC(Cn2cc(C(C)C)cn2)CC1. The van der Waals surface area contributed by atoms with E-state index in [4.69, 9.17) is 0 Å². The molecule has 3 heteroatoms. The molecule has 1 aliphatic carbocycles. The monoisotopic (exact) mass is 305 g/mol. The van der Waals surface area contributed by atoms with Crippen molar-refractivity contribution in [1.82, 2.24) is 14.7 Å². The molecule has 0 radical (unpaired) electrons. The zero-order valence-electron chi connectivity index (χ0n) is 15.3. The lowest BCUT2D eigenvalue weighted by Gasteiger charge is -2.35. The summed E-state index contributed by atoms with van der Waals surface area (Å²) in [5.74, 6) is 2.21. The molecule has 126 valence electrons. The highest BCUT2D eigenvalue weighted by Crippen LogP contribution is 2.28. The van der Waals surface area contributed by atoms with Crippen molar-refractivity contribution >= 4 is 0 Å². The number of nitrogens with zero attached hydrogens (tertiary/aromatic N) is 3. The Balaban J connectivity index is 1.74. The predicted molar refractivity (Wildman–Crippen MR) is 94.1 cm³/mol. The van der Waals surface area contributed by atoms with Crippen LogP contribution in [-0.4, -0.2) is 34.3 Å². The Morgan fingerprint density at radius 2 is 1.86 bits per heavy atom. The van der Waals surface area contributed by atoms with Crippen LogP contribution in [0.25, 0.3) is 0 Å². The molecule has 1 saturated carbocycles. The van der Waals surface area contributed by atoms with Gasteiger partial charge in [0.05, 0.1) is 6.20 Å². The third-order valence-electron chi connectivity index (χ3n) is 5.26. The van der Waals surface area contributed by atoms with Crippen LogP contribution >= 0.6 is 0 Å². The molecule has 0 aromatic carbocycles. The van der Waals surface area contributed by atoms with Crippen molar-refractivity contribution in [3.63, 3.8) is 0 Å². The van der Waals surface area contributed by atoms with Crippen molar-refractivity contribution in [3.8, 4) is 0 Å². The predicted octanol–water partition coefficient (Wildman–Crippen LogP) is 4.54. The molecule has 1 aliphatic rings. The molecule has 1 fully saturated rings. The molecule has 1 aromatic heterocycles. The van der Waals surface area contributed by atoms with Crippen LogP contribution in [-0.2, 0) is 6.54 Å². The van der Waals surface area contributed by atoms with Crippen LogP contribution in [0.5, 0.6) is 0 Å². The first kappa shape index (κ1) is 17.5. The maximum Gasteiger partial charge on any atom is 0.0524 e. The average molecular weight is 306 g/mol. The summed E-state index contributed by atoms with van der Waals surface area (Å²) in [5.41, 5.74) is 1.36. The third kappa shape index (κ3) is 5.12. The van der Waals surface area contributed by atoms with E-state index in [1.54, 1.807) is 0 Å². The second kappa shape index (κ2) is 8.14. The van der Waals surface area contributed by atoms with Crippen LogP contribution in [0.1, 0.15) is 71.3 Å². The molecule has 0 saturated heterocycles. The van der Waals surface area contributed by atoms with E-state index >= 15 is 0 Å². The van der Waals surface area contributed by atoms with Gasteiger partial charge >= 0.3 is 0 Å². The molecule has 0 atom stereocenters. The number of aromatic nitrogens is 2. The summed E-state index contributed by atoms with van der Waals surface area (Å²) in [6.07, 6.45) is 11.0. The molecule has 1 heterocycles. The quantitative estimate of drug-likeness (QED) is 0.737. The van der Waals surface area contributed by atoms with E-state index < -0.39 is 0 Å². The Bertz CT molecular complexity index is 428. The zero-order chi connectivity index (χ0) is 16.1. The highest BCUT2D eigenvalue weighted by molar-refractivity contribution is 5.08. The van der Waals surface area contributed by atoms with Crippen molar-refractivity contribution in [2.75, 3.05) is 13.6 Å². The van der Waals surface area contributed by atoms with Gasteiger partial charge in [-0.15, -0.1) is 0 Å². The second-order valence-corrected chi connectivity index (χ2v) is 7.99. The first-order chi connectivity index (χ1) is 10.5. The fourth-order valence-corrected chi connectivity index (χ4v) is 3.45. The lowest BCUT2D eigenvalue weighted by atomic mass is 9.85. The molecule has 1 aromatic rings. The van der Waals surface area contributed by atoms with Gasteiger partial charge in [-0.1, -0.05) is 27.7 Å². The van der Waals surface area contributed by atoms with Crippen molar-refractivity contribution in [2.45, 2.75) is 78.3 Å². The lowest BCUT2D eigenvalue weighted by molar-refractivity contribution is 0.151. The Kier molecular flexibility index (Phi) is 6.49. The van der Waals surface area contributed by atoms with E-state index in [-0.39, 0.29) is 0 Å². The Hall–Kier alpha value is -0.830. The first-order valence-electron chi connectivity index (χ1n) is 9.18. The summed E-state index contributed by atoms with van der Waals surface area (Å²) in [6.45, 7) is 11.5. The van der Waals surface area contributed by atoms with Crippen molar-refractivity contribution in [1.29, 1.82) is 0 Å². The molecule has 0 unspecified atom stereocenters. The van der Waals surface area contributed by atoms with Gasteiger partial charge in [0.1, 0.15) is 0 Å². The van der Waals surface area contributed by atoms with Gasteiger partial charge in [0, 0.05) is 18.8 Å². The summed E-state index contributed by atoms with van der Waals surface area (Å²) < 4.78 is 2.17. The zero-order valence-corrected chi connectivity index (χ0v) is 15.3. The number of hydrogen-bond donors (Lipinski definition) is 0. The molecule has 3 nitrogen and oxygen atoms in total. The van der Waals surface area contributed by atoms with Gasteiger partial charge in [0.25, 0.3) is 0 Å². The van der Waals surface area contributed by atoms with Gasteiger partial charge in [0.15, 0.2) is 0 Å². The summed E-state index contributed by atoms with van der Waals surface area (Å²) in [4.78, 5) is 2.60. The topological polar surface area (TPSA) is 21.1 Å². The van der Waals surface area contributed by atoms with Crippen molar-refractivity contribution < 1.29 is 0 Å². The Morgan fingerprint density at radius 1 is 1.18 bits per heavy atom. The van der Waals surface area contributed by atoms with E-state index in [2.05, 4.69) is 55.6 Å². The largest absolute Gasteiger partial charge is 0.303 e. The van der Waals surface area contributed by atoms with E-state index in [1.807, 2.05) is 6.20 Å². The van der Waals surface area contributed by atoms with E-state index in [1.165, 1.54) is 44.2 Å².